The van der Waals surface area contributed by atoms with Crippen molar-refractivity contribution < 1.29 is 29.4 Å². The van der Waals surface area contributed by atoms with Gasteiger partial charge in [0.2, 0.25) is 17.7 Å². The van der Waals surface area contributed by atoms with Crippen LogP contribution in [0.3, 0.4) is 0 Å². The summed E-state index contributed by atoms with van der Waals surface area (Å²) < 4.78 is 0. The van der Waals surface area contributed by atoms with E-state index in [1.165, 1.54) is 12.5 Å². The number of nitrogens with two attached hydrogens (primary N) is 2. The molecular formula is C24H35N7O6. The number of aromatic nitrogens is 2. The van der Waals surface area contributed by atoms with E-state index in [0.717, 1.165) is 0 Å². The van der Waals surface area contributed by atoms with Crippen LogP contribution in [0.4, 0.5) is 0 Å². The van der Waals surface area contributed by atoms with Crippen LogP contribution in [0.25, 0.3) is 0 Å². The number of aliphatic carboxylic acids is 1. The topological polar surface area (TPSA) is 226 Å². The number of benzene rings is 1. The zero-order valence-electron chi connectivity index (χ0n) is 20.4. The fourth-order valence-electron chi connectivity index (χ4n) is 3.53. The van der Waals surface area contributed by atoms with Crippen molar-refractivity contribution in [2.75, 3.05) is 13.2 Å². The Labute approximate surface area is 214 Å². The summed E-state index contributed by atoms with van der Waals surface area (Å²) in [7, 11) is 0. The molecule has 0 saturated carbocycles. The van der Waals surface area contributed by atoms with Crippen LogP contribution in [-0.2, 0) is 32.0 Å². The molecule has 1 aromatic carbocycles. The van der Waals surface area contributed by atoms with Crippen molar-refractivity contribution >= 4 is 23.7 Å². The molecule has 0 aliphatic carbocycles. The molecule has 10 N–H and O–H groups in total. The number of unbranched alkanes of at least 4 members (excludes halogenated alkanes) is 1. The van der Waals surface area contributed by atoms with E-state index in [1.54, 1.807) is 30.3 Å². The predicted molar refractivity (Wildman–Crippen MR) is 134 cm³/mol. The summed E-state index contributed by atoms with van der Waals surface area (Å²) in [4.78, 5) is 56.9. The predicted octanol–water partition coefficient (Wildman–Crippen LogP) is -1.82. The Hall–Kier alpha value is -3.81. The molecule has 1 aromatic heterocycles. The van der Waals surface area contributed by atoms with Crippen molar-refractivity contribution in [3.8, 4) is 0 Å². The summed E-state index contributed by atoms with van der Waals surface area (Å²) in [5.74, 6) is -3.46. The van der Waals surface area contributed by atoms with Gasteiger partial charge in [0.25, 0.3) is 0 Å². The molecule has 0 radical (unpaired) electrons. The standard InChI is InChI=1S/C24H35N7O6/c25-9-5-4-8-17(26)21(33)31-20(13-32)23(35)29-18(11-16-12-27-14-28-16)22(34)30-19(24(36)37)10-15-6-2-1-3-7-15/h1-3,6-7,12,14,17-20,32H,4-5,8-11,13,25-26H2,(H,27,28)(H,29,35)(H,30,34)(H,31,33)(H,36,37). The lowest BCUT2D eigenvalue weighted by molar-refractivity contribution is -0.142. The van der Waals surface area contributed by atoms with Crippen LogP contribution in [0.15, 0.2) is 42.9 Å². The second-order valence-corrected chi connectivity index (χ2v) is 8.57. The van der Waals surface area contributed by atoms with Crippen LogP contribution in [0, 0.1) is 0 Å². The first-order valence-electron chi connectivity index (χ1n) is 12.0. The number of carbonyl (C=O) groups excluding carboxylic acids is 3. The van der Waals surface area contributed by atoms with E-state index in [9.17, 15) is 29.4 Å². The fourth-order valence-corrected chi connectivity index (χ4v) is 3.53. The molecule has 0 aliphatic rings. The normalized spacial score (nSPS) is 14.1. The molecule has 37 heavy (non-hydrogen) atoms. The first-order valence-corrected chi connectivity index (χ1v) is 12.0. The Morgan fingerprint density at radius 3 is 2.16 bits per heavy atom. The number of aliphatic hydroxyl groups excluding tert-OH is 1. The summed E-state index contributed by atoms with van der Waals surface area (Å²) in [6.45, 7) is -0.277. The number of nitrogens with one attached hydrogen (secondary N) is 4. The third-order valence-electron chi connectivity index (χ3n) is 5.63. The van der Waals surface area contributed by atoms with Crippen molar-refractivity contribution in [1.29, 1.82) is 0 Å². The second kappa shape index (κ2) is 15.3. The van der Waals surface area contributed by atoms with Gasteiger partial charge in [-0.3, -0.25) is 14.4 Å². The Morgan fingerprint density at radius 1 is 0.919 bits per heavy atom. The van der Waals surface area contributed by atoms with Crippen LogP contribution in [0.5, 0.6) is 0 Å². The first kappa shape index (κ1) is 29.4. The molecule has 1 heterocycles. The third-order valence-corrected chi connectivity index (χ3v) is 5.63. The number of rotatable bonds is 16. The highest BCUT2D eigenvalue weighted by atomic mass is 16.4. The van der Waals surface area contributed by atoms with Crippen molar-refractivity contribution in [3.05, 3.63) is 54.1 Å². The number of carbonyl (C=O) groups is 4. The van der Waals surface area contributed by atoms with E-state index in [4.69, 9.17) is 11.5 Å². The zero-order chi connectivity index (χ0) is 27.2. The first-order chi connectivity index (χ1) is 17.7. The van der Waals surface area contributed by atoms with Gasteiger partial charge in [-0.2, -0.15) is 0 Å². The second-order valence-electron chi connectivity index (χ2n) is 8.57. The molecule has 2 aromatic rings. The number of aromatic amines is 1. The number of carboxylic acids is 1. The van der Waals surface area contributed by atoms with Crippen LogP contribution in [0.1, 0.15) is 30.5 Å². The number of carboxylic acid groups (broad SMARTS) is 1. The highest BCUT2D eigenvalue weighted by molar-refractivity contribution is 5.94. The Bertz CT molecular complexity index is 1000. The molecule has 0 fully saturated rings. The van der Waals surface area contributed by atoms with Gasteiger partial charge >= 0.3 is 5.97 Å². The minimum absolute atomic E-state index is 0.0318. The third kappa shape index (κ3) is 9.99. The SMILES string of the molecule is NCCCCC(N)C(=O)NC(CO)C(=O)NC(Cc1cnc[nH]1)C(=O)NC(Cc1ccccc1)C(=O)O. The number of imidazole rings is 1. The smallest absolute Gasteiger partial charge is 0.326 e. The van der Waals surface area contributed by atoms with E-state index in [-0.39, 0.29) is 12.8 Å². The molecular weight excluding hydrogens is 482 g/mol. The quantitative estimate of drug-likeness (QED) is 0.117. The van der Waals surface area contributed by atoms with Gasteiger partial charge in [-0.25, -0.2) is 9.78 Å². The van der Waals surface area contributed by atoms with Crippen molar-refractivity contribution in [2.24, 2.45) is 11.5 Å². The van der Waals surface area contributed by atoms with E-state index in [1.807, 2.05) is 0 Å². The molecule has 4 atom stereocenters. The molecule has 2 rings (SSSR count). The lowest BCUT2D eigenvalue weighted by atomic mass is 10.0. The van der Waals surface area contributed by atoms with Gasteiger partial charge < -0.3 is 42.6 Å². The average molecular weight is 518 g/mol. The van der Waals surface area contributed by atoms with Crippen molar-refractivity contribution in [1.82, 2.24) is 25.9 Å². The van der Waals surface area contributed by atoms with E-state index >= 15 is 0 Å². The summed E-state index contributed by atoms with van der Waals surface area (Å²) in [6.07, 6.45) is 4.51. The minimum atomic E-state index is -1.37. The lowest BCUT2D eigenvalue weighted by Crippen LogP contribution is -2.58. The maximum atomic E-state index is 13.1. The van der Waals surface area contributed by atoms with Gasteiger partial charge in [-0.15, -0.1) is 0 Å². The van der Waals surface area contributed by atoms with Gasteiger partial charge in [0, 0.05) is 24.7 Å². The number of hydrogen-bond donors (Lipinski definition) is 8. The number of amides is 3. The Morgan fingerprint density at radius 2 is 1.57 bits per heavy atom. The fraction of sp³-hybridized carbons (Fsp3) is 0.458. The number of hydrogen-bond acceptors (Lipinski definition) is 8. The average Bonchev–Trinajstić information content (AvgIpc) is 3.40. The largest absolute Gasteiger partial charge is 0.480 e. The van der Waals surface area contributed by atoms with Crippen molar-refractivity contribution in [2.45, 2.75) is 56.3 Å². The van der Waals surface area contributed by atoms with Crippen molar-refractivity contribution in [3.63, 3.8) is 0 Å². The van der Waals surface area contributed by atoms with E-state index in [0.29, 0.717) is 37.1 Å². The zero-order valence-corrected chi connectivity index (χ0v) is 20.4. The molecule has 4 unspecified atom stereocenters. The Balaban J connectivity index is 2.10. The Kier molecular flexibility index (Phi) is 12.2. The highest BCUT2D eigenvalue weighted by Crippen LogP contribution is 2.06. The maximum Gasteiger partial charge on any atom is 0.326 e. The lowest BCUT2D eigenvalue weighted by Gasteiger charge is -2.24. The molecule has 3 amide bonds. The molecule has 13 heteroatoms. The molecule has 0 saturated heterocycles. The number of nitrogens with zero attached hydrogens (tertiary/aromatic N) is 1. The van der Waals surface area contributed by atoms with Gasteiger partial charge in [-0.05, 0) is 24.9 Å². The van der Waals surface area contributed by atoms with Gasteiger partial charge in [0.15, 0.2) is 0 Å². The van der Waals surface area contributed by atoms with Crippen LogP contribution in [-0.4, -0.2) is 81.2 Å². The molecule has 0 aliphatic heterocycles. The monoisotopic (exact) mass is 517 g/mol. The molecule has 13 nitrogen and oxygen atoms in total. The maximum absolute atomic E-state index is 13.1. The highest BCUT2D eigenvalue weighted by Gasteiger charge is 2.30. The van der Waals surface area contributed by atoms with E-state index < -0.39 is 54.5 Å². The van der Waals surface area contributed by atoms with Crippen LogP contribution in [0.2, 0.25) is 0 Å². The number of H-pyrrole nitrogens is 1. The molecule has 202 valence electrons. The summed E-state index contributed by atoms with van der Waals surface area (Å²) in [5, 5.41) is 26.7. The molecule has 0 spiro atoms. The number of aliphatic hydroxyl groups is 1. The van der Waals surface area contributed by atoms with Crippen LogP contribution < -0.4 is 27.4 Å². The summed E-state index contributed by atoms with van der Waals surface area (Å²) in [5.41, 5.74) is 12.5. The van der Waals surface area contributed by atoms with Crippen LogP contribution >= 0.6 is 0 Å². The van der Waals surface area contributed by atoms with Gasteiger partial charge in [0.05, 0.1) is 19.0 Å². The van der Waals surface area contributed by atoms with Gasteiger partial charge in [-0.1, -0.05) is 36.8 Å². The summed E-state index contributed by atoms with van der Waals surface area (Å²) >= 11 is 0. The molecule has 0 bridgehead atoms. The van der Waals surface area contributed by atoms with E-state index in [2.05, 4.69) is 25.9 Å². The summed E-state index contributed by atoms with van der Waals surface area (Å²) in [6, 6.07) is 4.03. The minimum Gasteiger partial charge on any atom is -0.480 e. The van der Waals surface area contributed by atoms with Gasteiger partial charge in [0.1, 0.15) is 18.1 Å².